The average Bonchev–Trinajstić information content (AvgIpc) is 2.85. The summed E-state index contributed by atoms with van der Waals surface area (Å²) < 4.78 is 0. The maximum absolute atomic E-state index is 5.97. The molecule has 3 heterocycles. The van der Waals surface area contributed by atoms with Gasteiger partial charge >= 0.3 is 0 Å². The first-order valence-corrected chi connectivity index (χ1v) is 7.26. The van der Waals surface area contributed by atoms with Crippen LogP contribution in [0, 0.1) is 6.92 Å². The predicted octanol–water partition coefficient (Wildman–Crippen LogP) is 0.700. The van der Waals surface area contributed by atoms with Gasteiger partial charge in [0.05, 0.1) is 5.69 Å². The van der Waals surface area contributed by atoms with Crippen LogP contribution in [-0.4, -0.2) is 47.1 Å². The molecule has 0 saturated carbocycles. The first-order valence-electron chi connectivity index (χ1n) is 7.26. The monoisotopic (exact) mass is 261 g/mol. The van der Waals surface area contributed by atoms with E-state index in [0.717, 1.165) is 57.2 Å². The van der Waals surface area contributed by atoms with Crippen molar-refractivity contribution < 1.29 is 0 Å². The molecule has 1 aromatic rings. The highest BCUT2D eigenvalue weighted by Crippen LogP contribution is 2.23. The lowest BCUT2D eigenvalue weighted by Crippen LogP contribution is -2.33. The summed E-state index contributed by atoms with van der Waals surface area (Å²) >= 11 is 0. The van der Waals surface area contributed by atoms with Crippen LogP contribution < -0.4 is 10.6 Å². The molecule has 0 spiro atoms. The zero-order valence-corrected chi connectivity index (χ0v) is 11.9. The third-order valence-electron chi connectivity index (χ3n) is 4.29. The van der Waals surface area contributed by atoms with Crippen LogP contribution in [0.15, 0.2) is 0 Å². The zero-order valence-electron chi connectivity index (χ0n) is 11.9. The highest BCUT2D eigenvalue weighted by atomic mass is 15.3. The van der Waals surface area contributed by atoms with Gasteiger partial charge in [-0.2, -0.15) is 0 Å². The molecule has 5 nitrogen and oxygen atoms in total. The van der Waals surface area contributed by atoms with E-state index in [4.69, 9.17) is 15.7 Å². The Hall–Kier alpha value is -1.20. The molecule has 0 amide bonds. The highest BCUT2D eigenvalue weighted by molar-refractivity contribution is 5.39. The Morgan fingerprint density at radius 3 is 2.84 bits per heavy atom. The van der Waals surface area contributed by atoms with Crippen molar-refractivity contribution >= 4 is 5.95 Å². The van der Waals surface area contributed by atoms with E-state index in [0.29, 0.717) is 0 Å². The molecule has 104 valence electrons. The second kappa shape index (κ2) is 5.06. The molecule has 0 bridgehead atoms. The third kappa shape index (κ3) is 2.44. The van der Waals surface area contributed by atoms with Gasteiger partial charge in [0.2, 0.25) is 5.95 Å². The van der Waals surface area contributed by atoms with Crippen LogP contribution in [-0.2, 0) is 13.0 Å². The van der Waals surface area contributed by atoms with Gasteiger partial charge in [0.15, 0.2) is 0 Å². The summed E-state index contributed by atoms with van der Waals surface area (Å²) in [6.07, 6.45) is 2.09. The van der Waals surface area contributed by atoms with Crippen molar-refractivity contribution in [3.8, 4) is 0 Å². The molecule has 5 heteroatoms. The molecule has 1 saturated heterocycles. The first kappa shape index (κ1) is 12.8. The largest absolute Gasteiger partial charge is 0.339 e. The number of nitrogens with zero attached hydrogens (tertiary/aromatic N) is 4. The summed E-state index contributed by atoms with van der Waals surface area (Å²) in [6.45, 7) is 9.40. The van der Waals surface area contributed by atoms with Gasteiger partial charge in [-0.15, -0.1) is 0 Å². The second-order valence-corrected chi connectivity index (χ2v) is 5.65. The minimum atomic E-state index is 0.274. The number of aryl methyl sites for hydroxylation is 1. The van der Waals surface area contributed by atoms with Crippen LogP contribution in [0.25, 0.3) is 0 Å². The van der Waals surface area contributed by atoms with Crippen LogP contribution in [0.4, 0.5) is 5.95 Å². The SMILES string of the molecule is CCN1CCc2nc(N3CCC(N)C3)nc(C)c2C1. The van der Waals surface area contributed by atoms with Crippen molar-refractivity contribution in [2.45, 2.75) is 39.3 Å². The Morgan fingerprint density at radius 1 is 1.32 bits per heavy atom. The van der Waals surface area contributed by atoms with Crippen LogP contribution in [0.2, 0.25) is 0 Å². The molecule has 0 aliphatic carbocycles. The van der Waals surface area contributed by atoms with Crippen LogP contribution in [0.3, 0.4) is 0 Å². The number of fused-ring (bicyclic) bond motifs is 1. The second-order valence-electron chi connectivity index (χ2n) is 5.65. The lowest BCUT2D eigenvalue weighted by Gasteiger charge is -2.29. The van der Waals surface area contributed by atoms with Gasteiger partial charge in [0.25, 0.3) is 0 Å². The number of anilines is 1. The summed E-state index contributed by atoms with van der Waals surface area (Å²) in [5.74, 6) is 0.883. The van der Waals surface area contributed by atoms with Gasteiger partial charge in [-0.3, -0.25) is 4.90 Å². The Morgan fingerprint density at radius 2 is 2.16 bits per heavy atom. The fourth-order valence-corrected chi connectivity index (χ4v) is 3.00. The normalized spacial score (nSPS) is 23.7. The van der Waals surface area contributed by atoms with E-state index in [-0.39, 0.29) is 6.04 Å². The number of likely N-dealkylation sites (N-methyl/N-ethyl adjacent to an activating group) is 1. The van der Waals surface area contributed by atoms with Crippen LogP contribution in [0.1, 0.15) is 30.3 Å². The molecule has 1 aromatic heterocycles. The van der Waals surface area contributed by atoms with Crippen molar-refractivity contribution in [2.75, 3.05) is 31.1 Å². The fourth-order valence-electron chi connectivity index (χ4n) is 3.00. The summed E-state index contributed by atoms with van der Waals surface area (Å²) in [7, 11) is 0. The Bertz CT molecular complexity index is 473. The van der Waals surface area contributed by atoms with Gasteiger partial charge in [-0.25, -0.2) is 9.97 Å². The van der Waals surface area contributed by atoms with E-state index in [2.05, 4.69) is 23.6 Å². The van der Waals surface area contributed by atoms with Crippen molar-refractivity contribution in [2.24, 2.45) is 5.73 Å². The maximum atomic E-state index is 5.97. The molecule has 0 radical (unpaired) electrons. The predicted molar refractivity (Wildman–Crippen MR) is 76.2 cm³/mol. The molecule has 1 fully saturated rings. The number of hydrogen-bond donors (Lipinski definition) is 1. The Balaban J connectivity index is 1.88. The number of nitrogens with two attached hydrogens (primary N) is 1. The van der Waals surface area contributed by atoms with Crippen LogP contribution in [0.5, 0.6) is 0 Å². The van der Waals surface area contributed by atoms with Gasteiger partial charge < -0.3 is 10.6 Å². The molecule has 0 aromatic carbocycles. The summed E-state index contributed by atoms with van der Waals surface area (Å²) in [5, 5.41) is 0. The van der Waals surface area contributed by atoms with Crippen molar-refractivity contribution in [1.82, 2.24) is 14.9 Å². The number of aromatic nitrogens is 2. The molecular formula is C14H23N5. The molecular weight excluding hydrogens is 238 g/mol. The van der Waals surface area contributed by atoms with E-state index >= 15 is 0 Å². The van der Waals surface area contributed by atoms with Crippen molar-refractivity contribution in [3.05, 3.63) is 17.0 Å². The molecule has 1 unspecified atom stereocenters. The molecule has 2 aliphatic heterocycles. The number of hydrogen-bond acceptors (Lipinski definition) is 5. The summed E-state index contributed by atoms with van der Waals surface area (Å²) in [4.78, 5) is 14.2. The van der Waals surface area contributed by atoms with E-state index in [1.807, 2.05) is 0 Å². The molecule has 2 aliphatic rings. The molecule has 3 rings (SSSR count). The first-order chi connectivity index (χ1) is 9.17. The maximum Gasteiger partial charge on any atom is 0.225 e. The van der Waals surface area contributed by atoms with Gasteiger partial charge in [0, 0.05) is 49.9 Å². The fraction of sp³-hybridized carbons (Fsp3) is 0.714. The quantitative estimate of drug-likeness (QED) is 0.849. The molecule has 19 heavy (non-hydrogen) atoms. The molecule has 2 N–H and O–H groups in total. The minimum absolute atomic E-state index is 0.274. The molecule has 1 atom stereocenters. The third-order valence-corrected chi connectivity index (χ3v) is 4.29. The van der Waals surface area contributed by atoms with E-state index in [1.165, 1.54) is 11.3 Å². The topological polar surface area (TPSA) is 58.3 Å². The van der Waals surface area contributed by atoms with Gasteiger partial charge in [-0.1, -0.05) is 6.92 Å². The van der Waals surface area contributed by atoms with E-state index < -0.39 is 0 Å². The lowest BCUT2D eigenvalue weighted by atomic mass is 10.0. The van der Waals surface area contributed by atoms with Crippen LogP contribution >= 0.6 is 0 Å². The highest BCUT2D eigenvalue weighted by Gasteiger charge is 2.25. The zero-order chi connectivity index (χ0) is 13.4. The van der Waals surface area contributed by atoms with Gasteiger partial charge in [0.1, 0.15) is 0 Å². The average molecular weight is 261 g/mol. The number of rotatable bonds is 2. The van der Waals surface area contributed by atoms with Gasteiger partial charge in [-0.05, 0) is 19.9 Å². The van der Waals surface area contributed by atoms with E-state index in [9.17, 15) is 0 Å². The van der Waals surface area contributed by atoms with Crippen molar-refractivity contribution in [1.29, 1.82) is 0 Å². The van der Waals surface area contributed by atoms with Crippen molar-refractivity contribution in [3.63, 3.8) is 0 Å². The minimum Gasteiger partial charge on any atom is -0.339 e. The van der Waals surface area contributed by atoms with E-state index in [1.54, 1.807) is 0 Å². The smallest absolute Gasteiger partial charge is 0.225 e. The summed E-state index contributed by atoms with van der Waals surface area (Å²) in [5.41, 5.74) is 9.69. The lowest BCUT2D eigenvalue weighted by molar-refractivity contribution is 0.264. The summed E-state index contributed by atoms with van der Waals surface area (Å²) in [6, 6.07) is 0.274. The standard InChI is InChI=1S/C14H23N5/c1-3-18-6-5-13-12(9-18)10(2)16-14(17-13)19-7-4-11(15)8-19/h11H,3-9,15H2,1-2H3. The Kier molecular flexibility index (Phi) is 3.41. The Labute approximate surface area is 114 Å².